The quantitative estimate of drug-likeness (QED) is 0.899. The van der Waals surface area contributed by atoms with Crippen LogP contribution in [0.1, 0.15) is 30.5 Å². The number of hydrogen-bond donors (Lipinski definition) is 1. The summed E-state index contributed by atoms with van der Waals surface area (Å²) in [5.74, 6) is -0.810. The van der Waals surface area contributed by atoms with Gasteiger partial charge < -0.3 is 5.11 Å². The highest BCUT2D eigenvalue weighted by molar-refractivity contribution is 5.81. The van der Waals surface area contributed by atoms with E-state index in [1.807, 2.05) is 24.3 Å². The van der Waals surface area contributed by atoms with Gasteiger partial charge in [0.2, 0.25) is 0 Å². The van der Waals surface area contributed by atoms with Gasteiger partial charge in [-0.15, -0.1) is 0 Å². The van der Waals surface area contributed by atoms with Gasteiger partial charge in [-0.2, -0.15) is 0 Å². The lowest BCUT2D eigenvalue weighted by molar-refractivity contribution is -0.142. The van der Waals surface area contributed by atoms with Crippen molar-refractivity contribution in [3.63, 3.8) is 0 Å². The van der Waals surface area contributed by atoms with Crippen molar-refractivity contribution >= 4 is 5.97 Å². The zero-order chi connectivity index (χ0) is 14.9. The molecule has 2 heteroatoms. The summed E-state index contributed by atoms with van der Waals surface area (Å²) in [6, 6.07) is 14.1. The number of carboxylic acid groups (broad SMARTS) is 1. The van der Waals surface area contributed by atoms with Gasteiger partial charge in [0.15, 0.2) is 0 Å². The molecule has 0 radical (unpaired) electrons. The number of hydrogen-bond acceptors (Lipinski definition) is 1. The van der Waals surface area contributed by atoms with Crippen molar-refractivity contribution in [2.45, 2.75) is 33.1 Å². The average molecular weight is 268 g/mol. The summed E-state index contributed by atoms with van der Waals surface area (Å²) in [6.45, 7) is 7.62. The number of carbonyl (C=O) groups is 1. The molecule has 0 heterocycles. The highest BCUT2D eigenvalue weighted by Crippen LogP contribution is 2.30. The molecule has 1 N–H and O–H groups in total. The summed E-state index contributed by atoms with van der Waals surface area (Å²) < 4.78 is 0. The highest BCUT2D eigenvalue weighted by atomic mass is 16.4. The second-order valence-corrected chi connectivity index (χ2v) is 5.83. The maximum absolute atomic E-state index is 11.4. The zero-order valence-corrected chi connectivity index (χ0v) is 12.4. The molecule has 20 heavy (non-hydrogen) atoms. The van der Waals surface area contributed by atoms with Crippen molar-refractivity contribution in [3.05, 3.63) is 59.2 Å². The summed E-state index contributed by atoms with van der Waals surface area (Å²) in [6.07, 6.45) is 0. The first-order valence-electron chi connectivity index (χ1n) is 6.74. The van der Waals surface area contributed by atoms with Gasteiger partial charge in [-0.3, -0.25) is 4.79 Å². The molecule has 0 aliphatic carbocycles. The van der Waals surface area contributed by atoms with Crippen molar-refractivity contribution in [1.82, 2.24) is 0 Å². The molecule has 2 rings (SSSR count). The summed E-state index contributed by atoms with van der Waals surface area (Å²) in [7, 11) is 0. The normalized spacial score (nSPS) is 11.4. The molecule has 0 aromatic heterocycles. The molecule has 0 aliphatic rings. The molecule has 0 bridgehead atoms. The fourth-order valence-electron chi connectivity index (χ4n) is 2.34. The second-order valence-electron chi connectivity index (χ2n) is 5.83. The minimum Gasteiger partial charge on any atom is -0.481 e. The lowest BCUT2D eigenvalue weighted by atomic mass is 9.83. The van der Waals surface area contributed by atoms with Crippen LogP contribution in [0.5, 0.6) is 0 Å². The van der Waals surface area contributed by atoms with Gasteiger partial charge in [-0.1, -0.05) is 48.0 Å². The maximum atomic E-state index is 11.4. The Morgan fingerprint density at radius 1 is 1.05 bits per heavy atom. The molecule has 2 nitrogen and oxygen atoms in total. The SMILES string of the molecule is Cc1ccc(-c2cccc(C(C)(C)C(=O)O)c2)c(C)c1. The standard InChI is InChI=1S/C18H20O2/c1-12-8-9-16(13(2)10-12)14-6-5-7-15(11-14)18(3,4)17(19)20/h5-11H,1-4H3,(H,19,20). The number of rotatable bonds is 3. The van der Waals surface area contributed by atoms with Gasteiger partial charge in [-0.05, 0) is 49.9 Å². The molecule has 0 fully saturated rings. The Hall–Kier alpha value is -2.09. The molecule has 104 valence electrons. The van der Waals surface area contributed by atoms with E-state index >= 15 is 0 Å². The highest BCUT2D eigenvalue weighted by Gasteiger charge is 2.29. The predicted octanol–water partition coefficient (Wildman–Crippen LogP) is 4.33. The van der Waals surface area contributed by atoms with E-state index in [1.54, 1.807) is 13.8 Å². The van der Waals surface area contributed by atoms with Crippen LogP contribution in [0, 0.1) is 13.8 Å². The van der Waals surface area contributed by atoms with Crippen LogP contribution in [0.25, 0.3) is 11.1 Å². The molecule has 2 aromatic carbocycles. The minimum absolute atomic E-state index is 0.810. The van der Waals surface area contributed by atoms with Crippen LogP contribution in [0.2, 0.25) is 0 Å². The van der Waals surface area contributed by atoms with Gasteiger partial charge in [0.05, 0.1) is 5.41 Å². The van der Waals surface area contributed by atoms with E-state index in [0.717, 1.165) is 16.7 Å². The van der Waals surface area contributed by atoms with Crippen LogP contribution in [0.4, 0.5) is 0 Å². The fraction of sp³-hybridized carbons (Fsp3) is 0.278. The van der Waals surface area contributed by atoms with Crippen LogP contribution in [0.15, 0.2) is 42.5 Å². The average Bonchev–Trinajstić information content (AvgIpc) is 2.38. The Kier molecular flexibility index (Phi) is 3.67. The maximum Gasteiger partial charge on any atom is 0.313 e. The lowest BCUT2D eigenvalue weighted by Crippen LogP contribution is -2.28. The van der Waals surface area contributed by atoms with Gasteiger partial charge in [-0.25, -0.2) is 0 Å². The Bertz CT molecular complexity index is 654. The Labute approximate surface area is 120 Å². The van der Waals surface area contributed by atoms with Gasteiger partial charge in [0.25, 0.3) is 0 Å². The number of aryl methyl sites for hydroxylation is 2. The van der Waals surface area contributed by atoms with E-state index in [4.69, 9.17) is 0 Å². The summed E-state index contributed by atoms with van der Waals surface area (Å²) in [4.78, 5) is 11.4. The largest absolute Gasteiger partial charge is 0.481 e. The van der Waals surface area contributed by atoms with Crippen LogP contribution in [0.3, 0.4) is 0 Å². The number of aliphatic carboxylic acids is 1. The van der Waals surface area contributed by atoms with E-state index in [-0.39, 0.29) is 0 Å². The van der Waals surface area contributed by atoms with Crippen molar-refractivity contribution in [2.75, 3.05) is 0 Å². The molecule has 0 aliphatic heterocycles. The van der Waals surface area contributed by atoms with Crippen molar-refractivity contribution in [3.8, 4) is 11.1 Å². The van der Waals surface area contributed by atoms with E-state index < -0.39 is 11.4 Å². The van der Waals surface area contributed by atoms with Crippen LogP contribution in [-0.4, -0.2) is 11.1 Å². The number of benzene rings is 2. The molecule has 0 saturated heterocycles. The molecular weight excluding hydrogens is 248 g/mol. The van der Waals surface area contributed by atoms with Crippen molar-refractivity contribution in [1.29, 1.82) is 0 Å². The monoisotopic (exact) mass is 268 g/mol. The first kappa shape index (κ1) is 14.3. The summed E-state index contributed by atoms with van der Waals surface area (Å²) in [5, 5.41) is 9.35. The molecule has 0 unspecified atom stereocenters. The molecular formula is C18H20O2. The zero-order valence-electron chi connectivity index (χ0n) is 12.4. The predicted molar refractivity (Wildman–Crippen MR) is 82.0 cm³/mol. The Balaban J connectivity index is 2.52. The summed E-state index contributed by atoms with van der Waals surface area (Å²) >= 11 is 0. The minimum atomic E-state index is -0.880. The lowest BCUT2D eigenvalue weighted by Gasteiger charge is -2.20. The molecule has 0 saturated carbocycles. The van der Waals surface area contributed by atoms with Crippen LogP contribution >= 0.6 is 0 Å². The molecule has 0 spiro atoms. The third-order valence-corrected chi connectivity index (χ3v) is 3.81. The van der Waals surface area contributed by atoms with Crippen LogP contribution < -0.4 is 0 Å². The topological polar surface area (TPSA) is 37.3 Å². The fourth-order valence-corrected chi connectivity index (χ4v) is 2.34. The van der Waals surface area contributed by atoms with E-state index in [2.05, 4.69) is 32.0 Å². The van der Waals surface area contributed by atoms with E-state index in [0.29, 0.717) is 0 Å². The Morgan fingerprint density at radius 2 is 1.75 bits per heavy atom. The van der Waals surface area contributed by atoms with Crippen molar-refractivity contribution < 1.29 is 9.90 Å². The van der Waals surface area contributed by atoms with Crippen LogP contribution in [-0.2, 0) is 10.2 Å². The van der Waals surface area contributed by atoms with Gasteiger partial charge in [0.1, 0.15) is 0 Å². The second kappa shape index (κ2) is 5.12. The molecule has 2 aromatic rings. The molecule has 0 amide bonds. The first-order valence-corrected chi connectivity index (χ1v) is 6.74. The van der Waals surface area contributed by atoms with Gasteiger partial charge in [0, 0.05) is 0 Å². The van der Waals surface area contributed by atoms with Gasteiger partial charge >= 0.3 is 5.97 Å². The third-order valence-electron chi connectivity index (χ3n) is 3.81. The molecule has 0 atom stereocenters. The van der Waals surface area contributed by atoms with Crippen molar-refractivity contribution in [2.24, 2.45) is 0 Å². The first-order chi connectivity index (χ1) is 9.32. The number of carboxylic acids is 1. The van der Waals surface area contributed by atoms with E-state index in [1.165, 1.54) is 11.1 Å². The smallest absolute Gasteiger partial charge is 0.313 e. The Morgan fingerprint density at radius 3 is 2.35 bits per heavy atom. The van der Waals surface area contributed by atoms with E-state index in [9.17, 15) is 9.90 Å². The third kappa shape index (κ3) is 2.60. The summed E-state index contributed by atoms with van der Waals surface area (Å²) in [5.41, 5.74) is 4.59.